The van der Waals surface area contributed by atoms with E-state index in [-0.39, 0.29) is 6.54 Å². The highest BCUT2D eigenvalue weighted by Gasteiger charge is 2.07. The lowest BCUT2D eigenvalue weighted by atomic mass is 10.3. The number of rotatable bonds is 5. The number of carbonyl (C=O) groups excluding carboxylic acids is 2. The molecule has 0 saturated heterocycles. The number of hydrogen-bond acceptors (Lipinski definition) is 3. The van der Waals surface area contributed by atoms with Crippen molar-refractivity contribution in [3.05, 3.63) is 29.3 Å². The van der Waals surface area contributed by atoms with Gasteiger partial charge in [-0.2, -0.15) is 0 Å². The van der Waals surface area contributed by atoms with Crippen LogP contribution in [0.25, 0.3) is 0 Å². The first-order valence-electron chi connectivity index (χ1n) is 5.69. The lowest BCUT2D eigenvalue weighted by Gasteiger charge is -2.08. The smallest absolute Gasteiger partial charge is 0.321 e. The van der Waals surface area contributed by atoms with Gasteiger partial charge in [0.25, 0.3) is 0 Å². The quantitative estimate of drug-likeness (QED) is 0.766. The van der Waals surface area contributed by atoms with Gasteiger partial charge in [0.2, 0.25) is 5.91 Å². The highest BCUT2D eigenvalue weighted by molar-refractivity contribution is 6.33. The van der Waals surface area contributed by atoms with E-state index in [2.05, 4.69) is 16.0 Å². The Hall–Kier alpha value is -1.75. The number of hydrogen-bond donors (Lipinski definition) is 3. The van der Waals surface area contributed by atoms with E-state index in [1.165, 1.54) is 0 Å². The molecule has 0 atom stereocenters. The van der Waals surface area contributed by atoms with Crippen molar-refractivity contribution in [2.45, 2.75) is 13.3 Å². The highest BCUT2D eigenvalue weighted by atomic mass is 35.5. The molecule has 98 valence electrons. The summed E-state index contributed by atoms with van der Waals surface area (Å²) in [5.41, 5.74) is 0.656. The summed E-state index contributed by atoms with van der Waals surface area (Å²) in [6.45, 7) is 2.46. The van der Waals surface area contributed by atoms with Crippen LogP contribution < -0.4 is 16.0 Å². The summed E-state index contributed by atoms with van der Waals surface area (Å²) in [5, 5.41) is 8.14. The van der Waals surface area contributed by atoms with Gasteiger partial charge in [-0.05, 0) is 18.6 Å². The molecule has 1 aromatic carbocycles. The highest BCUT2D eigenvalue weighted by Crippen LogP contribution is 2.19. The summed E-state index contributed by atoms with van der Waals surface area (Å²) in [7, 11) is 0. The van der Waals surface area contributed by atoms with Crippen LogP contribution in [0, 0.1) is 0 Å². The van der Waals surface area contributed by atoms with E-state index in [1.807, 2.05) is 6.92 Å². The Morgan fingerprint density at radius 2 is 2.00 bits per heavy atom. The Kier molecular flexibility index (Phi) is 6.00. The molecule has 0 saturated carbocycles. The second-order valence-electron chi connectivity index (χ2n) is 3.64. The fraction of sp³-hybridized carbons (Fsp3) is 0.333. The molecule has 1 rings (SSSR count). The van der Waals surface area contributed by atoms with Gasteiger partial charge in [0.15, 0.2) is 0 Å². The van der Waals surface area contributed by atoms with E-state index >= 15 is 0 Å². The van der Waals surface area contributed by atoms with Gasteiger partial charge in [-0.3, -0.25) is 10.1 Å². The average molecular weight is 270 g/mol. The Morgan fingerprint density at radius 3 is 2.67 bits per heavy atom. The average Bonchev–Trinajstić information content (AvgIpc) is 2.35. The molecule has 1 aromatic rings. The number of benzene rings is 1. The number of nitrogens with one attached hydrogen (secondary N) is 3. The number of carbonyl (C=O) groups is 2. The van der Waals surface area contributed by atoms with Crippen molar-refractivity contribution in [3.63, 3.8) is 0 Å². The van der Waals surface area contributed by atoms with E-state index < -0.39 is 11.9 Å². The molecule has 0 fully saturated rings. The van der Waals surface area contributed by atoms with E-state index in [0.717, 1.165) is 6.42 Å². The molecular formula is C12H16ClN3O2. The normalized spacial score (nSPS) is 9.67. The number of halogens is 1. The Bertz CT molecular complexity index is 424. The molecule has 0 unspecified atom stereocenters. The van der Waals surface area contributed by atoms with E-state index in [9.17, 15) is 9.59 Å². The molecule has 0 spiro atoms. The lowest BCUT2D eigenvalue weighted by molar-refractivity contribution is -0.118. The zero-order chi connectivity index (χ0) is 13.4. The first-order valence-corrected chi connectivity index (χ1v) is 6.07. The monoisotopic (exact) mass is 269 g/mol. The van der Waals surface area contributed by atoms with Gasteiger partial charge in [0, 0.05) is 6.54 Å². The number of imide groups is 1. The van der Waals surface area contributed by atoms with Gasteiger partial charge in [-0.1, -0.05) is 30.7 Å². The molecule has 0 radical (unpaired) electrons. The minimum Gasteiger partial charge on any atom is -0.375 e. The van der Waals surface area contributed by atoms with Crippen molar-refractivity contribution < 1.29 is 9.59 Å². The number of amides is 3. The van der Waals surface area contributed by atoms with Crippen molar-refractivity contribution in [3.8, 4) is 0 Å². The molecule has 0 aliphatic rings. The van der Waals surface area contributed by atoms with Crippen molar-refractivity contribution in [1.29, 1.82) is 0 Å². The summed E-state index contributed by atoms with van der Waals surface area (Å²) >= 11 is 5.91. The number of urea groups is 1. The standard InChI is InChI=1S/C12H16ClN3O2/c1-2-7-14-12(18)16-11(17)8-15-10-6-4-3-5-9(10)13/h3-6,15H,2,7-8H2,1H3,(H2,14,16,17,18). The van der Waals surface area contributed by atoms with Crippen LogP contribution >= 0.6 is 11.6 Å². The zero-order valence-electron chi connectivity index (χ0n) is 10.1. The Labute approximate surface area is 111 Å². The number of para-hydroxylation sites is 1. The number of anilines is 1. The lowest BCUT2D eigenvalue weighted by Crippen LogP contribution is -2.42. The van der Waals surface area contributed by atoms with Crippen LogP contribution in [0.2, 0.25) is 5.02 Å². The summed E-state index contributed by atoms with van der Waals surface area (Å²) in [4.78, 5) is 22.6. The maximum atomic E-state index is 11.4. The van der Waals surface area contributed by atoms with Gasteiger partial charge in [0.05, 0.1) is 17.3 Å². The molecule has 3 amide bonds. The third-order valence-corrected chi connectivity index (χ3v) is 2.43. The van der Waals surface area contributed by atoms with Gasteiger partial charge < -0.3 is 10.6 Å². The minimum atomic E-state index is -0.484. The van der Waals surface area contributed by atoms with Crippen molar-refractivity contribution >= 4 is 29.2 Å². The first kappa shape index (κ1) is 14.3. The molecule has 0 heterocycles. The van der Waals surface area contributed by atoms with Gasteiger partial charge >= 0.3 is 6.03 Å². The molecule has 0 aliphatic heterocycles. The molecule has 0 aliphatic carbocycles. The Balaban J connectivity index is 2.33. The molecule has 0 bridgehead atoms. The molecule has 3 N–H and O–H groups in total. The van der Waals surface area contributed by atoms with Crippen LogP contribution in [0.3, 0.4) is 0 Å². The van der Waals surface area contributed by atoms with Crippen LogP contribution in [0.5, 0.6) is 0 Å². The predicted molar refractivity (Wildman–Crippen MR) is 71.8 cm³/mol. The van der Waals surface area contributed by atoms with E-state index in [0.29, 0.717) is 17.3 Å². The summed E-state index contributed by atoms with van der Waals surface area (Å²) in [5.74, 6) is -0.413. The summed E-state index contributed by atoms with van der Waals surface area (Å²) in [6.07, 6.45) is 0.819. The van der Waals surface area contributed by atoms with Crippen LogP contribution in [-0.2, 0) is 4.79 Å². The molecular weight excluding hydrogens is 254 g/mol. The third kappa shape index (κ3) is 5.05. The van der Waals surface area contributed by atoms with Crippen LogP contribution in [-0.4, -0.2) is 25.0 Å². The molecule has 6 heteroatoms. The largest absolute Gasteiger partial charge is 0.375 e. The summed E-state index contributed by atoms with van der Waals surface area (Å²) in [6, 6.07) is 6.59. The molecule has 5 nitrogen and oxygen atoms in total. The maximum Gasteiger partial charge on any atom is 0.321 e. The van der Waals surface area contributed by atoms with Crippen molar-refractivity contribution in [2.24, 2.45) is 0 Å². The molecule has 0 aromatic heterocycles. The van der Waals surface area contributed by atoms with E-state index in [1.54, 1.807) is 24.3 Å². The van der Waals surface area contributed by atoms with Crippen molar-refractivity contribution in [2.75, 3.05) is 18.4 Å². The van der Waals surface area contributed by atoms with Crippen LogP contribution in [0.15, 0.2) is 24.3 Å². The predicted octanol–water partition coefficient (Wildman–Crippen LogP) is 1.99. The molecule has 18 heavy (non-hydrogen) atoms. The Morgan fingerprint density at radius 1 is 1.28 bits per heavy atom. The summed E-state index contributed by atoms with van der Waals surface area (Å²) < 4.78 is 0. The van der Waals surface area contributed by atoms with Crippen LogP contribution in [0.1, 0.15) is 13.3 Å². The van der Waals surface area contributed by atoms with Gasteiger partial charge in [-0.25, -0.2) is 4.79 Å². The van der Waals surface area contributed by atoms with E-state index in [4.69, 9.17) is 11.6 Å². The van der Waals surface area contributed by atoms with Gasteiger partial charge in [0.1, 0.15) is 0 Å². The zero-order valence-corrected chi connectivity index (χ0v) is 10.9. The van der Waals surface area contributed by atoms with Crippen LogP contribution in [0.4, 0.5) is 10.5 Å². The second kappa shape index (κ2) is 7.55. The topological polar surface area (TPSA) is 70.2 Å². The third-order valence-electron chi connectivity index (χ3n) is 2.10. The minimum absolute atomic E-state index is 0.0106. The first-order chi connectivity index (χ1) is 8.63. The SMILES string of the molecule is CCCNC(=O)NC(=O)CNc1ccccc1Cl. The maximum absolute atomic E-state index is 11.4. The van der Waals surface area contributed by atoms with Crippen molar-refractivity contribution in [1.82, 2.24) is 10.6 Å². The fourth-order valence-corrected chi connectivity index (χ4v) is 1.44. The van der Waals surface area contributed by atoms with Gasteiger partial charge in [-0.15, -0.1) is 0 Å². The second-order valence-corrected chi connectivity index (χ2v) is 4.04. The fourth-order valence-electron chi connectivity index (χ4n) is 1.23.